The van der Waals surface area contributed by atoms with Crippen LogP contribution in [0.2, 0.25) is 0 Å². The van der Waals surface area contributed by atoms with Crippen molar-refractivity contribution < 1.29 is 0 Å². The molecule has 100 valence electrons. The van der Waals surface area contributed by atoms with Crippen molar-refractivity contribution >= 4 is 15.9 Å². The number of halogens is 1. The Morgan fingerprint density at radius 1 is 1.39 bits per heavy atom. The number of rotatable bonds is 6. The molecule has 0 bridgehead atoms. The Labute approximate surface area is 119 Å². The first kappa shape index (κ1) is 14.1. The van der Waals surface area contributed by atoms with Crippen molar-refractivity contribution in [1.29, 1.82) is 0 Å². The molecular formula is C16H24BrN. The maximum absolute atomic E-state index is 3.71. The summed E-state index contributed by atoms with van der Waals surface area (Å²) in [5.41, 5.74) is 2.75. The Hall–Kier alpha value is -0.340. The maximum atomic E-state index is 3.71. The second-order valence-electron chi connectivity index (χ2n) is 5.55. The zero-order chi connectivity index (χ0) is 13.0. The first-order valence-corrected chi connectivity index (χ1v) is 7.99. The fourth-order valence-electron chi connectivity index (χ4n) is 2.54. The molecule has 1 fully saturated rings. The predicted molar refractivity (Wildman–Crippen MR) is 81.9 cm³/mol. The lowest BCUT2D eigenvalue weighted by atomic mass is 9.79. The Bertz CT molecular complexity index is 385. The molecule has 0 aliphatic heterocycles. The van der Waals surface area contributed by atoms with Gasteiger partial charge < -0.3 is 5.32 Å². The molecule has 1 aromatic carbocycles. The maximum Gasteiger partial charge on any atom is 0.0323 e. The zero-order valence-corrected chi connectivity index (χ0v) is 13.1. The third-order valence-corrected chi connectivity index (χ3v) is 4.89. The van der Waals surface area contributed by atoms with Gasteiger partial charge in [-0.25, -0.2) is 0 Å². The molecule has 0 saturated heterocycles. The van der Waals surface area contributed by atoms with Gasteiger partial charge in [0.2, 0.25) is 0 Å². The summed E-state index contributed by atoms with van der Waals surface area (Å²) in [6.45, 7) is 5.50. The third-order valence-electron chi connectivity index (χ3n) is 4.03. The van der Waals surface area contributed by atoms with E-state index in [2.05, 4.69) is 53.3 Å². The predicted octanol–water partition coefficient (Wildman–Crippen LogP) is 4.99. The molecule has 18 heavy (non-hydrogen) atoms. The zero-order valence-electron chi connectivity index (χ0n) is 11.5. The van der Waals surface area contributed by atoms with E-state index >= 15 is 0 Å². The summed E-state index contributed by atoms with van der Waals surface area (Å²) < 4.78 is 1.23. The van der Waals surface area contributed by atoms with Gasteiger partial charge in [0.1, 0.15) is 0 Å². The van der Waals surface area contributed by atoms with Crippen LogP contribution in [0.25, 0.3) is 0 Å². The van der Waals surface area contributed by atoms with Gasteiger partial charge in [0.05, 0.1) is 0 Å². The molecule has 1 unspecified atom stereocenters. The Morgan fingerprint density at radius 3 is 2.72 bits per heavy atom. The standard InChI is InChI=1S/C16H24BrN/c1-3-9-18-16(10-13-5-4-6-13)14-8-7-12(2)15(17)11-14/h7-8,11,13,16,18H,3-6,9-10H2,1-2H3. The molecule has 1 aromatic rings. The quantitative estimate of drug-likeness (QED) is 0.780. The second-order valence-corrected chi connectivity index (χ2v) is 6.40. The minimum absolute atomic E-state index is 0.534. The molecule has 0 radical (unpaired) electrons. The number of nitrogens with one attached hydrogen (secondary N) is 1. The van der Waals surface area contributed by atoms with Crippen molar-refractivity contribution in [3.05, 3.63) is 33.8 Å². The molecule has 1 aliphatic rings. The van der Waals surface area contributed by atoms with Gasteiger partial charge in [-0.15, -0.1) is 0 Å². The van der Waals surface area contributed by atoms with E-state index in [-0.39, 0.29) is 0 Å². The molecule has 0 amide bonds. The lowest BCUT2D eigenvalue weighted by molar-refractivity contribution is 0.261. The normalized spacial score (nSPS) is 17.5. The fourth-order valence-corrected chi connectivity index (χ4v) is 2.94. The fraction of sp³-hybridized carbons (Fsp3) is 0.625. The number of aryl methyl sites for hydroxylation is 1. The number of hydrogen-bond acceptors (Lipinski definition) is 1. The molecule has 0 spiro atoms. The lowest BCUT2D eigenvalue weighted by Gasteiger charge is -2.30. The molecule has 0 heterocycles. The Balaban J connectivity index is 2.07. The minimum atomic E-state index is 0.534. The van der Waals surface area contributed by atoms with Gasteiger partial charge in [0, 0.05) is 10.5 Å². The highest BCUT2D eigenvalue weighted by Gasteiger charge is 2.22. The number of hydrogen-bond donors (Lipinski definition) is 1. The molecule has 1 aliphatic carbocycles. The van der Waals surface area contributed by atoms with E-state index in [1.54, 1.807) is 0 Å². The van der Waals surface area contributed by atoms with Crippen LogP contribution in [0.5, 0.6) is 0 Å². The summed E-state index contributed by atoms with van der Waals surface area (Å²) in [5.74, 6) is 0.944. The molecule has 1 saturated carbocycles. The topological polar surface area (TPSA) is 12.0 Å². The van der Waals surface area contributed by atoms with Gasteiger partial charge in [0.15, 0.2) is 0 Å². The first-order valence-electron chi connectivity index (χ1n) is 7.20. The van der Waals surface area contributed by atoms with E-state index in [1.807, 2.05) is 0 Å². The van der Waals surface area contributed by atoms with Crippen LogP contribution in [0.4, 0.5) is 0 Å². The molecule has 0 aromatic heterocycles. The first-order chi connectivity index (χ1) is 8.70. The summed E-state index contributed by atoms with van der Waals surface area (Å²) in [5, 5.41) is 3.71. The second kappa shape index (κ2) is 6.72. The van der Waals surface area contributed by atoms with Crippen molar-refractivity contribution in [2.75, 3.05) is 6.54 Å². The van der Waals surface area contributed by atoms with Crippen LogP contribution < -0.4 is 5.32 Å². The largest absolute Gasteiger partial charge is 0.310 e. The van der Waals surface area contributed by atoms with E-state index in [0.29, 0.717) is 6.04 Å². The average molecular weight is 310 g/mol. The van der Waals surface area contributed by atoms with Gasteiger partial charge in [-0.2, -0.15) is 0 Å². The SMILES string of the molecule is CCCNC(CC1CCC1)c1ccc(C)c(Br)c1. The summed E-state index contributed by atoms with van der Waals surface area (Å²) >= 11 is 3.65. The summed E-state index contributed by atoms with van der Waals surface area (Å²) in [6, 6.07) is 7.33. The summed E-state index contributed by atoms with van der Waals surface area (Å²) in [6.07, 6.45) is 6.79. The van der Waals surface area contributed by atoms with Gasteiger partial charge in [0.25, 0.3) is 0 Å². The average Bonchev–Trinajstić information content (AvgIpc) is 2.31. The number of benzene rings is 1. The monoisotopic (exact) mass is 309 g/mol. The highest BCUT2D eigenvalue weighted by atomic mass is 79.9. The van der Waals surface area contributed by atoms with Gasteiger partial charge in [-0.05, 0) is 49.4 Å². The van der Waals surface area contributed by atoms with Crippen molar-refractivity contribution in [2.45, 2.75) is 52.0 Å². The van der Waals surface area contributed by atoms with E-state index < -0.39 is 0 Å². The van der Waals surface area contributed by atoms with Crippen LogP contribution in [0.1, 0.15) is 56.2 Å². The highest BCUT2D eigenvalue weighted by molar-refractivity contribution is 9.10. The molecule has 2 rings (SSSR count). The Kier molecular flexibility index (Phi) is 5.25. The summed E-state index contributed by atoms with van der Waals surface area (Å²) in [7, 11) is 0. The van der Waals surface area contributed by atoms with Gasteiger partial charge >= 0.3 is 0 Å². The third kappa shape index (κ3) is 3.58. The molecular weight excluding hydrogens is 286 g/mol. The Morgan fingerprint density at radius 2 is 2.17 bits per heavy atom. The van der Waals surface area contributed by atoms with Crippen LogP contribution in [0.15, 0.2) is 22.7 Å². The van der Waals surface area contributed by atoms with Crippen LogP contribution >= 0.6 is 15.9 Å². The smallest absolute Gasteiger partial charge is 0.0323 e. The van der Waals surface area contributed by atoms with Gasteiger partial charge in [-0.3, -0.25) is 0 Å². The van der Waals surface area contributed by atoms with Crippen molar-refractivity contribution in [3.8, 4) is 0 Å². The van der Waals surface area contributed by atoms with Crippen LogP contribution in [0, 0.1) is 12.8 Å². The molecule has 1 nitrogen and oxygen atoms in total. The van der Waals surface area contributed by atoms with Crippen molar-refractivity contribution in [1.82, 2.24) is 5.32 Å². The van der Waals surface area contributed by atoms with E-state index in [1.165, 1.54) is 47.7 Å². The molecule has 2 heteroatoms. The van der Waals surface area contributed by atoms with Crippen LogP contribution in [-0.4, -0.2) is 6.54 Å². The molecule has 1 N–H and O–H groups in total. The van der Waals surface area contributed by atoms with Gasteiger partial charge in [-0.1, -0.05) is 54.2 Å². The van der Waals surface area contributed by atoms with E-state index in [0.717, 1.165) is 12.5 Å². The van der Waals surface area contributed by atoms with E-state index in [4.69, 9.17) is 0 Å². The minimum Gasteiger partial charge on any atom is -0.310 e. The van der Waals surface area contributed by atoms with Crippen LogP contribution in [0.3, 0.4) is 0 Å². The molecule has 1 atom stereocenters. The van der Waals surface area contributed by atoms with E-state index in [9.17, 15) is 0 Å². The highest BCUT2D eigenvalue weighted by Crippen LogP contribution is 2.35. The summed E-state index contributed by atoms with van der Waals surface area (Å²) in [4.78, 5) is 0. The van der Waals surface area contributed by atoms with Crippen molar-refractivity contribution in [3.63, 3.8) is 0 Å². The van der Waals surface area contributed by atoms with Crippen molar-refractivity contribution in [2.24, 2.45) is 5.92 Å². The van der Waals surface area contributed by atoms with Crippen LogP contribution in [-0.2, 0) is 0 Å². The lowest BCUT2D eigenvalue weighted by Crippen LogP contribution is -2.26.